The molecule has 0 atom stereocenters. The molecule has 3 nitrogen and oxygen atoms in total. The van der Waals surface area contributed by atoms with Crippen molar-refractivity contribution >= 4 is 23.0 Å². The van der Waals surface area contributed by atoms with Gasteiger partial charge in [0, 0.05) is 11.2 Å². The summed E-state index contributed by atoms with van der Waals surface area (Å²) in [5.41, 5.74) is 3.01. The number of nitrogens with one attached hydrogen (secondary N) is 1. The normalized spacial score (nSPS) is 9.71. The number of pyridine rings is 1. The first-order valence-corrected chi connectivity index (χ1v) is 5.47. The van der Waals surface area contributed by atoms with Crippen LogP contribution in [0, 0.1) is 18.3 Å². The Morgan fingerprint density at radius 3 is 2.82 bits per heavy atom. The second-order valence-electron chi connectivity index (χ2n) is 3.56. The van der Waals surface area contributed by atoms with Gasteiger partial charge in [0.15, 0.2) is 0 Å². The minimum Gasteiger partial charge on any atom is -0.353 e. The van der Waals surface area contributed by atoms with Crippen LogP contribution in [0.25, 0.3) is 0 Å². The quantitative estimate of drug-likeness (QED) is 0.876. The van der Waals surface area contributed by atoms with Crippen LogP contribution in [0.2, 0.25) is 5.02 Å². The summed E-state index contributed by atoms with van der Waals surface area (Å²) in [4.78, 5) is 4.18. The van der Waals surface area contributed by atoms with Crippen LogP contribution in [0.3, 0.4) is 0 Å². The molecule has 0 fully saturated rings. The van der Waals surface area contributed by atoms with Crippen LogP contribution >= 0.6 is 11.6 Å². The molecule has 0 radical (unpaired) electrons. The van der Waals surface area contributed by atoms with Crippen molar-refractivity contribution in [3.63, 3.8) is 0 Å². The van der Waals surface area contributed by atoms with Crippen LogP contribution in [-0.4, -0.2) is 4.98 Å². The van der Waals surface area contributed by atoms with Crippen molar-refractivity contribution < 1.29 is 0 Å². The fourth-order valence-electron chi connectivity index (χ4n) is 1.48. The van der Waals surface area contributed by atoms with Crippen molar-refractivity contribution in [2.75, 3.05) is 5.32 Å². The van der Waals surface area contributed by atoms with E-state index in [0.717, 1.165) is 17.1 Å². The second kappa shape index (κ2) is 4.86. The van der Waals surface area contributed by atoms with E-state index in [9.17, 15) is 0 Å². The fourth-order valence-corrected chi connectivity index (χ4v) is 1.65. The summed E-state index contributed by atoms with van der Waals surface area (Å²) in [5, 5.41) is 12.8. The van der Waals surface area contributed by atoms with Gasteiger partial charge in [-0.3, -0.25) is 4.98 Å². The summed E-state index contributed by atoms with van der Waals surface area (Å²) in [5.74, 6) is 0. The van der Waals surface area contributed by atoms with Gasteiger partial charge < -0.3 is 5.32 Å². The zero-order chi connectivity index (χ0) is 12.3. The van der Waals surface area contributed by atoms with Crippen LogP contribution in [0.4, 0.5) is 11.4 Å². The number of aromatic nitrogens is 1. The fraction of sp³-hybridized carbons (Fsp3) is 0.0769. The molecule has 0 amide bonds. The number of hydrogen-bond donors (Lipinski definition) is 1. The SMILES string of the molecule is Cc1ncccc1Nc1ccc(Cl)cc1C#N. The maximum absolute atomic E-state index is 9.03. The summed E-state index contributed by atoms with van der Waals surface area (Å²) in [6.45, 7) is 1.91. The highest BCUT2D eigenvalue weighted by atomic mass is 35.5. The van der Waals surface area contributed by atoms with E-state index in [1.165, 1.54) is 0 Å². The minimum absolute atomic E-state index is 0.515. The molecule has 0 saturated carbocycles. The Morgan fingerprint density at radius 2 is 2.12 bits per heavy atom. The first-order valence-electron chi connectivity index (χ1n) is 5.09. The summed E-state index contributed by atoms with van der Waals surface area (Å²) in [6.07, 6.45) is 1.73. The maximum Gasteiger partial charge on any atom is 0.101 e. The van der Waals surface area contributed by atoms with Crippen LogP contribution in [0.1, 0.15) is 11.3 Å². The molecule has 2 aromatic rings. The molecular formula is C13H10ClN3. The third-order valence-electron chi connectivity index (χ3n) is 2.38. The molecule has 0 bridgehead atoms. The molecule has 0 spiro atoms. The van der Waals surface area contributed by atoms with E-state index in [2.05, 4.69) is 16.4 Å². The van der Waals surface area contributed by atoms with Gasteiger partial charge in [-0.1, -0.05) is 11.6 Å². The molecule has 1 aromatic carbocycles. The first kappa shape index (κ1) is 11.4. The number of benzene rings is 1. The standard InChI is InChI=1S/C13H10ClN3/c1-9-12(3-2-6-16-9)17-13-5-4-11(14)7-10(13)8-15/h2-7,17H,1H3. The minimum atomic E-state index is 0.515. The van der Waals surface area contributed by atoms with E-state index in [4.69, 9.17) is 16.9 Å². The van der Waals surface area contributed by atoms with Gasteiger partial charge in [0.05, 0.1) is 22.6 Å². The molecule has 84 valence electrons. The topological polar surface area (TPSA) is 48.7 Å². The molecule has 1 aromatic heterocycles. The molecule has 1 heterocycles. The lowest BCUT2D eigenvalue weighted by atomic mass is 10.2. The largest absolute Gasteiger partial charge is 0.353 e. The van der Waals surface area contributed by atoms with E-state index >= 15 is 0 Å². The molecule has 0 saturated heterocycles. The van der Waals surface area contributed by atoms with Crippen molar-refractivity contribution in [3.05, 3.63) is 52.8 Å². The van der Waals surface area contributed by atoms with Crippen LogP contribution in [0.15, 0.2) is 36.5 Å². The predicted molar refractivity (Wildman–Crippen MR) is 68.4 cm³/mol. The van der Waals surface area contributed by atoms with E-state index < -0.39 is 0 Å². The van der Waals surface area contributed by atoms with Gasteiger partial charge in [0.25, 0.3) is 0 Å². The van der Waals surface area contributed by atoms with Gasteiger partial charge in [-0.15, -0.1) is 0 Å². The summed E-state index contributed by atoms with van der Waals surface area (Å²) >= 11 is 5.84. The second-order valence-corrected chi connectivity index (χ2v) is 4.00. The molecule has 0 aliphatic heterocycles. The highest BCUT2D eigenvalue weighted by Crippen LogP contribution is 2.24. The molecule has 0 unspecified atom stereocenters. The number of halogens is 1. The first-order chi connectivity index (χ1) is 8.20. The van der Waals surface area contributed by atoms with Crippen LogP contribution in [-0.2, 0) is 0 Å². The van der Waals surface area contributed by atoms with Crippen molar-refractivity contribution in [2.24, 2.45) is 0 Å². The Bertz CT molecular complexity index is 587. The summed E-state index contributed by atoms with van der Waals surface area (Å²) in [7, 11) is 0. The Morgan fingerprint density at radius 1 is 1.29 bits per heavy atom. The Labute approximate surface area is 105 Å². The number of rotatable bonds is 2. The average Bonchev–Trinajstić information content (AvgIpc) is 2.34. The third kappa shape index (κ3) is 2.55. The van der Waals surface area contributed by atoms with Gasteiger partial charge >= 0.3 is 0 Å². The number of hydrogen-bond acceptors (Lipinski definition) is 3. The average molecular weight is 244 g/mol. The Kier molecular flexibility index (Phi) is 3.27. The molecule has 2 rings (SSSR count). The Hall–Kier alpha value is -2.05. The highest BCUT2D eigenvalue weighted by molar-refractivity contribution is 6.30. The molecule has 17 heavy (non-hydrogen) atoms. The summed E-state index contributed by atoms with van der Waals surface area (Å²) in [6, 6.07) is 11.0. The van der Waals surface area contributed by atoms with Crippen molar-refractivity contribution in [1.82, 2.24) is 4.98 Å². The number of anilines is 2. The van der Waals surface area contributed by atoms with E-state index in [0.29, 0.717) is 10.6 Å². The molecule has 4 heteroatoms. The third-order valence-corrected chi connectivity index (χ3v) is 2.61. The maximum atomic E-state index is 9.03. The van der Waals surface area contributed by atoms with Gasteiger partial charge in [0.1, 0.15) is 6.07 Å². The summed E-state index contributed by atoms with van der Waals surface area (Å²) < 4.78 is 0. The molecular weight excluding hydrogens is 234 g/mol. The predicted octanol–water partition coefficient (Wildman–Crippen LogP) is 3.66. The zero-order valence-electron chi connectivity index (χ0n) is 9.24. The molecule has 0 aliphatic rings. The number of nitriles is 1. The van der Waals surface area contributed by atoms with E-state index in [-0.39, 0.29) is 0 Å². The van der Waals surface area contributed by atoms with E-state index in [1.54, 1.807) is 24.4 Å². The van der Waals surface area contributed by atoms with Crippen molar-refractivity contribution in [1.29, 1.82) is 5.26 Å². The number of nitrogens with zero attached hydrogens (tertiary/aromatic N) is 2. The monoisotopic (exact) mass is 243 g/mol. The lowest BCUT2D eigenvalue weighted by Crippen LogP contribution is -1.96. The highest BCUT2D eigenvalue weighted by Gasteiger charge is 2.04. The van der Waals surface area contributed by atoms with E-state index in [1.807, 2.05) is 19.1 Å². The van der Waals surface area contributed by atoms with Gasteiger partial charge in [0.2, 0.25) is 0 Å². The van der Waals surface area contributed by atoms with Gasteiger partial charge in [-0.25, -0.2) is 0 Å². The number of aryl methyl sites for hydroxylation is 1. The van der Waals surface area contributed by atoms with Gasteiger partial charge in [-0.05, 0) is 37.3 Å². The molecule has 1 N–H and O–H groups in total. The lowest BCUT2D eigenvalue weighted by molar-refractivity contribution is 1.20. The van der Waals surface area contributed by atoms with Crippen LogP contribution in [0.5, 0.6) is 0 Å². The lowest BCUT2D eigenvalue weighted by Gasteiger charge is -2.10. The zero-order valence-corrected chi connectivity index (χ0v) is 9.99. The smallest absolute Gasteiger partial charge is 0.101 e. The van der Waals surface area contributed by atoms with Gasteiger partial charge in [-0.2, -0.15) is 5.26 Å². The van der Waals surface area contributed by atoms with Crippen molar-refractivity contribution in [2.45, 2.75) is 6.92 Å². The van der Waals surface area contributed by atoms with Crippen LogP contribution < -0.4 is 5.32 Å². The Balaban J connectivity index is 2.37. The molecule has 0 aliphatic carbocycles. The van der Waals surface area contributed by atoms with Crippen molar-refractivity contribution in [3.8, 4) is 6.07 Å².